The summed E-state index contributed by atoms with van der Waals surface area (Å²) in [6, 6.07) is 16.6. The van der Waals surface area contributed by atoms with Gasteiger partial charge in [-0.2, -0.15) is 0 Å². The number of benzene rings is 2. The normalized spacial score (nSPS) is 22.6. The lowest BCUT2D eigenvalue weighted by molar-refractivity contribution is -0.131. The molecule has 7 heteroatoms. The molecule has 2 bridgehead atoms. The summed E-state index contributed by atoms with van der Waals surface area (Å²) in [6.45, 7) is 7.67. The number of hydrogen-bond donors (Lipinski definition) is 3. The van der Waals surface area contributed by atoms with Crippen molar-refractivity contribution in [3.63, 3.8) is 0 Å². The third kappa shape index (κ3) is 7.31. The van der Waals surface area contributed by atoms with E-state index in [-0.39, 0.29) is 17.9 Å². The van der Waals surface area contributed by atoms with Gasteiger partial charge in [0, 0.05) is 19.0 Å². The van der Waals surface area contributed by atoms with Crippen LogP contribution in [0.5, 0.6) is 5.75 Å². The van der Waals surface area contributed by atoms with Crippen molar-refractivity contribution in [3.05, 3.63) is 65.7 Å². The van der Waals surface area contributed by atoms with Gasteiger partial charge < -0.3 is 26.0 Å². The van der Waals surface area contributed by atoms with E-state index in [0.29, 0.717) is 31.3 Å². The number of nitrogens with two attached hydrogens (primary N) is 1. The smallest absolute Gasteiger partial charge is 0.243 e. The van der Waals surface area contributed by atoms with E-state index < -0.39 is 12.1 Å². The number of piperidine rings is 3. The molecule has 0 aromatic heterocycles. The number of carbonyl (C=O) groups excluding carboxylic acids is 2. The average Bonchev–Trinajstić information content (AvgIpc) is 2.88. The summed E-state index contributed by atoms with van der Waals surface area (Å²) < 4.78 is 5.89. The number of hydrogen-bond acceptors (Lipinski definition) is 5. The number of fused-ring (bicyclic) bond motifs is 3. The van der Waals surface area contributed by atoms with E-state index in [1.165, 1.54) is 0 Å². The zero-order chi connectivity index (χ0) is 25.5. The van der Waals surface area contributed by atoms with Gasteiger partial charge >= 0.3 is 0 Å². The molecule has 3 unspecified atom stereocenters. The van der Waals surface area contributed by atoms with Crippen LogP contribution in [0.4, 0.5) is 0 Å². The van der Waals surface area contributed by atoms with Gasteiger partial charge in [-0.05, 0) is 67.4 Å². The molecule has 3 atom stereocenters. The molecule has 194 valence electrons. The Bertz CT molecular complexity index is 987. The zero-order valence-electron chi connectivity index (χ0n) is 21.5. The Morgan fingerprint density at radius 2 is 1.69 bits per heavy atom. The van der Waals surface area contributed by atoms with Gasteiger partial charge in [-0.25, -0.2) is 0 Å². The quantitative estimate of drug-likeness (QED) is 0.448. The van der Waals surface area contributed by atoms with Gasteiger partial charge in [-0.15, -0.1) is 0 Å². The Kier molecular flexibility index (Phi) is 8.99. The molecule has 0 radical (unpaired) electrons. The molecular formula is C29H40N4O3. The highest BCUT2D eigenvalue weighted by Crippen LogP contribution is 2.27. The molecule has 0 aliphatic carbocycles. The molecule has 3 aliphatic rings. The molecule has 2 aromatic carbocycles. The molecule has 4 N–H and O–H groups in total. The second-order valence-electron chi connectivity index (χ2n) is 10.7. The minimum absolute atomic E-state index is 0.136. The molecule has 0 spiro atoms. The van der Waals surface area contributed by atoms with E-state index in [2.05, 4.69) is 15.5 Å². The summed E-state index contributed by atoms with van der Waals surface area (Å²) in [5, 5.41) is 6.19. The van der Waals surface area contributed by atoms with Crippen molar-refractivity contribution in [1.29, 1.82) is 0 Å². The fourth-order valence-corrected chi connectivity index (χ4v) is 5.21. The topological polar surface area (TPSA) is 96.7 Å². The Morgan fingerprint density at radius 1 is 1.00 bits per heavy atom. The van der Waals surface area contributed by atoms with Crippen LogP contribution >= 0.6 is 0 Å². The average molecular weight is 493 g/mol. The highest BCUT2D eigenvalue weighted by molar-refractivity contribution is 5.90. The molecule has 5 rings (SSSR count). The number of nitrogens with zero attached hydrogens (tertiary/aromatic N) is 1. The molecule has 3 aliphatic heterocycles. The zero-order valence-corrected chi connectivity index (χ0v) is 21.5. The molecule has 3 heterocycles. The van der Waals surface area contributed by atoms with Gasteiger partial charge in [-0.1, -0.05) is 56.3 Å². The molecule has 3 fully saturated rings. The van der Waals surface area contributed by atoms with Crippen LogP contribution in [0.1, 0.15) is 44.2 Å². The van der Waals surface area contributed by atoms with Crippen LogP contribution in [0.2, 0.25) is 0 Å². The van der Waals surface area contributed by atoms with Gasteiger partial charge in [0.25, 0.3) is 0 Å². The van der Waals surface area contributed by atoms with Crippen LogP contribution in [0.3, 0.4) is 0 Å². The van der Waals surface area contributed by atoms with Crippen molar-refractivity contribution in [2.24, 2.45) is 17.6 Å². The molecule has 0 saturated carbocycles. The second-order valence-corrected chi connectivity index (χ2v) is 10.7. The SMILES string of the molecule is CC(C)CC(N)C(=O)NC(Cc1ccc(OCc2ccccc2)cc1)C(=O)NC1CN2CCC1CC2. The van der Waals surface area contributed by atoms with Crippen molar-refractivity contribution in [2.75, 3.05) is 19.6 Å². The third-order valence-electron chi connectivity index (χ3n) is 7.29. The number of amides is 2. The number of nitrogens with one attached hydrogen (secondary N) is 2. The molecular weight excluding hydrogens is 452 g/mol. The number of carbonyl (C=O) groups is 2. The summed E-state index contributed by atoms with van der Waals surface area (Å²) in [5.41, 5.74) is 8.18. The standard InChI is InChI=1S/C29H40N4O3/c1-20(2)16-25(30)28(34)31-26(29(35)32-27-18-33-14-12-23(27)13-15-33)17-21-8-10-24(11-9-21)36-19-22-6-4-3-5-7-22/h3-11,20,23,25-27H,12-19,30H2,1-2H3,(H,31,34)(H,32,35). The summed E-state index contributed by atoms with van der Waals surface area (Å²) in [4.78, 5) is 28.6. The molecule has 36 heavy (non-hydrogen) atoms. The van der Waals surface area contributed by atoms with Crippen molar-refractivity contribution >= 4 is 11.8 Å². The lowest BCUT2D eigenvalue weighted by atomic mass is 9.84. The fraction of sp³-hybridized carbons (Fsp3) is 0.517. The van der Waals surface area contributed by atoms with Crippen LogP contribution in [0.15, 0.2) is 54.6 Å². The fourth-order valence-electron chi connectivity index (χ4n) is 5.21. The van der Waals surface area contributed by atoms with Gasteiger partial charge in [0.15, 0.2) is 0 Å². The van der Waals surface area contributed by atoms with Crippen LogP contribution in [0, 0.1) is 11.8 Å². The first kappa shape index (κ1) is 26.2. The van der Waals surface area contributed by atoms with Gasteiger partial charge in [0.1, 0.15) is 18.4 Å². The Labute approximate surface area is 214 Å². The lowest BCUT2D eigenvalue weighted by Gasteiger charge is -2.45. The molecule has 2 aromatic rings. The minimum atomic E-state index is -0.678. The van der Waals surface area contributed by atoms with Crippen molar-refractivity contribution in [1.82, 2.24) is 15.5 Å². The number of ether oxygens (including phenoxy) is 1. The van der Waals surface area contributed by atoms with Gasteiger partial charge in [0.2, 0.25) is 11.8 Å². The molecule has 3 saturated heterocycles. The van der Waals surface area contributed by atoms with Gasteiger partial charge in [-0.3, -0.25) is 9.59 Å². The van der Waals surface area contributed by atoms with Crippen LogP contribution in [-0.2, 0) is 22.6 Å². The van der Waals surface area contributed by atoms with E-state index >= 15 is 0 Å². The second kappa shape index (κ2) is 12.4. The van der Waals surface area contributed by atoms with E-state index in [1.807, 2.05) is 68.4 Å². The van der Waals surface area contributed by atoms with E-state index in [4.69, 9.17) is 10.5 Å². The predicted octanol–water partition coefficient (Wildman–Crippen LogP) is 2.88. The lowest BCUT2D eigenvalue weighted by Crippen LogP contribution is -2.61. The number of rotatable bonds is 11. The highest BCUT2D eigenvalue weighted by atomic mass is 16.5. The monoisotopic (exact) mass is 492 g/mol. The first-order valence-corrected chi connectivity index (χ1v) is 13.2. The van der Waals surface area contributed by atoms with Crippen molar-refractivity contribution in [3.8, 4) is 5.75 Å². The van der Waals surface area contributed by atoms with E-state index in [9.17, 15) is 9.59 Å². The van der Waals surface area contributed by atoms with Crippen LogP contribution in [0.25, 0.3) is 0 Å². The largest absolute Gasteiger partial charge is 0.489 e. The van der Waals surface area contributed by atoms with Crippen LogP contribution in [-0.4, -0.2) is 54.5 Å². The Morgan fingerprint density at radius 3 is 2.31 bits per heavy atom. The van der Waals surface area contributed by atoms with Gasteiger partial charge in [0.05, 0.1) is 6.04 Å². The maximum Gasteiger partial charge on any atom is 0.243 e. The van der Waals surface area contributed by atoms with E-state index in [0.717, 1.165) is 49.4 Å². The Balaban J connectivity index is 1.40. The summed E-state index contributed by atoms with van der Waals surface area (Å²) >= 11 is 0. The van der Waals surface area contributed by atoms with Crippen molar-refractivity contribution in [2.45, 2.75) is 64.3 Å². The maximum atomic E-state index is 13.4. The maximum absolute atomic E-state index is 13.4. The first-order chi connectivity index (χ1) is 17.4. The highest BCUT2D eigenvalue weighted by Gasteiger charge is 2.36. The predicted molar refractivity (Wildman–Crippen MR) is 141 cm³/mol. The summed E-state index contributed by atoms with van der Waals surface area (Å²) in [6.07, 6.45) is 3.21. The van der Waals surface area contributed by atoms with Crippen LogP contribution < -0.4 is 21.1 Å². The third-order valence-corrected chi connectivity index (χ3v) is 7.29. The van der Waals surface area contributed by atoms with Crippen molar-refractivity contribution < 1.29 is 14.3 Å². The molecule has 7 nitrogen and oxygen atoms in total. The minimum Gasteiger partial charge on any atom is -0.489 e. The molecule has 2 amide bonds. The summed E-state index contributed by atoms with van der Waals surface area (Å²) in [7, 11) is 0. The van der Waals surface area contributed by atoms with E-state index in [1.54, 1.807) is 0 Å². The first-order valence-electron chi connectivity index (χ1n) is 13.2. The summed E-state index contributed by atoms with van der Waals surface area (Å²) in [5.74, 6) is 1.16. The Hall–Kier alpha value is -2.90.